The first-order valence-corrected chi connectivity index (χ1v) is 7.70. The summed E-state index contributed by atoms with van der Waals surface area (Å²) in [5.41, 5.74) is -0.721. The van der Waals surface area contributed by atoms with E-state index in [9.17, 15) is 14.7 Å². The van der Waals surface area contributed by atoms with Gasteiger partial charge in [-0.25, -0.2) is 4.79 Å². The monoisotopic (exact) mass is 294 g/mol. The lowest BCUT2D eigenvalue weighted by Crippen LogP contribution is -2.52. The minimum Gasteiger partial charge on any atom is -0.467 e. The average Bonchev–Trinajstić information content (AvgIpc) is 2.44. The summed E-state index contributed by atoms with van der Waals surface area (Å²) in [6.07, 6.45) is 4.20. The van der Waals surface area contributed by atoms with E-state index in [0.717, 1.165) is 12.8 Å². The zero-order valence-corrected chi connectivity index (χ0v) is 13.6. The van der Waals surface area contributed by atoms with Gasteiger partial charge in [0.1, 0.15) is 0 Å². The molecular weight excluding hydrogens is 268 g/mol. The van der Waals surface area contributed by atoms with E-state index >= 15 is 0 Å². The maximum atomic E-state index is 12.4. The number of rotatable bonds is 2. The van der Waals surface area contributed by atoms with Crippen LogP contribution in [0, 0.1) is 23.2 Å². The SMILES string of the molecule is COC(=O)C(C)(O)C1CC2(C)C(=CC1=O)CCC(C)C2C. The van der Waals surface area contributed by atoms with E-state index in [1.54, 1.807) is 6.08 Å². The van der Waals surface area contributed by atoms with Gasteiger partial charge in [-0.15, -0.1) is 0 Å². The second-order valence-electron chi connectivity index (χ2n) is 7.19. The normalized spacial score (nSPS) is 39.0. The third kappa shape index (κ3) is 2.44. The van der Waals surface area contributed by atoms with Crippen molar-refractivity contribution in [1.82, 2.24) is 0 Å². The van der Waals surface area contributed by atoms with Crippen molar-refractivity contribution in [1.29, 1.82) is 0 Å². The molecule has 2 aliphatic rings. The van der Waals surface area contributed by atoms with E-state index in [-0.39, 0.29) is 11.2 Å². The van der Waals surface area contributed by atoms with Crippen molar-refractivity contribution in [3.8, 4) is 0 Å². The zero-order valence-electron chi connectivity index (χ0n) is 13.6. The van der Waals surface area contributed by atoms with Gasteiger partial charge < -0.3 is 9.84 Å². The Kier molecular flexibility index (Phi) is 4.04. The van der Waals surface area contributed by atoms with Crippen LogP contribution in [0.2, 0.25) is 0 Å². The third-order valence-electron chi connectivity index (χ3n) is 6.03. The van der Waals surface area contributed by atoms with Crippen LogP contribution in [0.15, 0.2) is 11.6 Å². The van der Waals surface area contributed by atoms with Crippen molar-refractivity contribution in [2.75, 3.05) is 7.11 Å². The summed E-state index contributed by atoms with van der Waals surface area (Å²) < 4.78 is 4.67. The molecule has 0 saturated heterocycles. The Bertz CT molecular complexity index is 491. The second-order valence-corrected chi connectivity index (χ2v) is 7.19. The van der Waals surface area contributed by atoms with Crippen molar-refractivity contribution >= 4 is 11.8 Å². The minimum atomic E-state index is -1.77. The highest BCUT2D eigenvalue weighted by molar-refractivity contribution is 5.98. The van der Waals surface area contributed by atoms with E-state index < -0.39 is 17.5 Å². The second kappa shape index (κ2) is 5.24. The van der Waals surface area contributed by atoms with E-state index in [4.69, 9.17) is 0 Å². The van der Waals surface area contributed by atoms with Gasteiger partial charge in [-0.3, -0.25) is 4.79 Å². The van der Waals surface area contributed by atoms with Crippen molar-refractivity contribution in [3.05, 3.63) is 11.6 Å². The number of aliphatic hydroxyl groups is 1. The highest BCUT2D eigenvalue weighted by Gasteiger charge is 2.53. The third-order valence-corrected chi connectivity index (χ3v) is 6.03. The molecule has 1 N–H and O–H groups in total. The molecule has 1 fully saturated rings. The molecule has 0 heterocycles. The molecule has 0 bridgehead atoms. The molecule has 118 valence electrons. The van der Waals surface area contributed by atoms with Gasteiger partial charge in [-0.1, -0.05) is 26.3 Å². The van der Waals surface area contributed by atoms with Gasteiger partial charge in [0, 0.05) is 0 Å². The molecule has 0 spiro atoms. The van der Waals surface area contributed by atoms with Crippen molar-refractivity contribution in [2.24, 2.45) is 23.2 Å². The molecule has 0 aromatic rings. The Morgan fingerprint density at radius 2 is 2.10 bits per heavy atom. The molecule has 4 heteroatoms. The first-order chi connectivity index (χ1) is 9.64. The number of hydrogen-bond donors (Lipinski definition) is 1. The zero-order chi connectivity index (χ0) is 16.0. The summed E-state index contributed by atoms with van der Waals surface area (Å²) in [5.74, 6) is -0.630. The van der Waals surface area contributed by atoms with Crippen LogP contribution in [0.4, 0.5) is 0 Å². The summed E-state index contributed by atoms with van der Waals surface area (Å²) in [6.45, 7) is 7.99. The summed E-state index contributed by atoms with van der Waals surface area (Å²) in [7, 11) is 1.23. The van der Waals surface area contributed by atoms with Gasteiger partial charge in [-0.2, -0.15) is 0 Å². The predicted molar refractivity (Wildman–Crippen MR) is 79.5 cm³/mol. The van der Waals surface area contributed by atoms with Crippen LogP contribution < -0.4 is 0 Å². The Balaban J connectivity index is 2.40. The fraction of sp³-hybridized carbons (Fsp3) is 0.765. The number of carbonyl (C=O) groups excluding carboxylic acids is 2. The summed E-state index contributed by atoms with van der Waals surface area (Å²) >= 11 is 0. The number of carbonyl (C=O) groups is 2. The van der Waals surface area contributed by atoms with Crippen molar-refractivity contribution in [3.63, 3.8) is 0 Å². The Hall–Kier alpha value is -1.16. The number of hydrogen-bond acceptors (Lipinski definition) is 4. The summed E-state index contributed by atoms with van der Waals surface area (Å²) in [4.78, 5) is 24.2. The number of fused-ring (bicyclic) bond motifs is 1. The van der Waals surface area contributed by atoms with E-state index in [2.05, 4.69) is 25.5 Å². The Morgan fingerprint density at radius 1 is 1.48 bits per heavy atom. The summed E-state index contributed by atoms with van der Waals surface area (Å²) in [6, 6.07) is 0. The Morgan fingerprint density at radius 3 is 2.67 bits per heavy atom. The van der Waals surface area contributed by atoms with Crippen LogP contribution in [0.5, 0.6) is 0 Å². The number of allylic oxidation sites excluding steroid dienone is 2. The van der Waals surface area contributed by atoms with E-state index in [1.807, 2.05) is 0 Å². The van der Waals surface area contributed by atoms with Gasteiger partial charge in [0.05, 0.1) is 13.0 Å². The van der Waals surface area contributed by atoms with Crippen molar-refractivity contribution in [2.45, 2.75) is 52.6 Å². The fourth-order valence-electron chi connectivity index (χ4n) is 4.01. The highest BCUT2D eigenvalue weighted by Crippen LogP contribution is 2.54. The molecular formula is C17H26O4. The molecule has 21 heavy (non-hydrogen) atoms. The molecule has 0 radical (unpaired) electrons. The van der Waals surface area contributed by atoms with Gasteiger partial charge in [-0.05, 0) is 49.5 Å². The fourth-order valence-corrected chi connectivity index (χ4v) is 4.01. The predicted octanol–water partition coefficient (Wildman–Crippen LogP) is 2.50. The molecule has 5 atom stereocenters. The molecule has 2 rings (SSSR count). The lowest BCUT2D eigenvalue weighted by molar-refractivity contribution is -0.171. The lowest BCUT2D eigenvalue weighted by Gasteiger charge is -2.50. The van der Waals surface area contributed by atoms with Gasteiger partial charge in [0.15, 0.2) is 11.4 Å². The first-order valence-electron chi connectivity index (χ1n) is 7.70. The van der Waals surface area contributed by atoms with Crippen molar-refractivity contribution < 1.29 is 19.4 Å². The maximum absolute atomic E-state index is 12.4. The molecule has 0 aromatic carbocycles. The highest BCUT2D eigenvalue weighted by atomic mass is 16.5. The minimum absolute atomic E-state index is 0.131. The standard InChI is InChI=1S/C17H26O4/c1-10-6-7-12-8-14(18)13(9-16(12,3)11(10)2)17(4,20)15(19)21-5/h8,10-11,13,20H,6-7,9H2,1-5H3. The van der Waals surface area contributed by atoms with Crippen LogP contribution in [0.25, 0.3) is 0 Å². The van der Waals surface area contributed by atoms with Gasteiger partial charge in [0.25, 0.3) is 0 Å². The first kappa shape index (κ1) is 16.2. The molecule has 0 aliphatic heterocycles. The van der Waals surface area contributed by atoms with Crippen LogP contribution >= 0.6 is 0 Å². The number of methoxy groups -OCH3 is 1. The topological polar surface area (TPSA) is 63.6 Å². The van der Waals surface area contributed by atoms with Gasteiger partial charge >= 0.3 is 5.97 Å². The molecule has 5 unspecified atom stereocenters. The van der Waals surface area contributed by atoms with Gasteiger partial charge in [0.2, 0.25) is 0 Å². The van der Waals surface area contributed by atoms with E-state index in [0.29, 0.717) is 18.3 Å². The van der Waals surface area contributed by atoms with Crippen LogP contribution in [-0.2, 0) is 14.3 Å². The summed E-state index contributed by atoms with van der Waals surface area (Å²) in [5, 5.41) is 10.5. The maximum Gasteiger partial charge on any atom is 0.338 e. The van der Waals surface area contributed by atoms with E-state index in [1.165, 1.54) is 19.6 Å². The van der Waals surface area contributed by atoms with Crippen LogP contribution in [-0.4, -0.2) is 29.6 Å². The van der Waals surface area contributed by atoms with Crippen LogP contribution in [0.1, 0.15) is 47.0 Å². The lowest BCUT2D eigenvalue weighted by atomic mass is 9.54. The number of ketones is 1. The molecule has 0 aromatic heterocycles. The molecule has 1 saturated carbocycles. The van der Waals surface area contributed by atoms with Crippen LogP contribution in [0.3, 0.4) is 0 Å². The molecule has 2 aliphatic carbocycles. The molecule has 0 amide bonds. The smallest absolute Gasteiger partial charge is 0.338 e. The number of esters is 1. The molecule has 4 nitrogen and oxygen atoms in total. The average molecular weight is 294 g/mol. The quantitative estimate of drug-likeness (QED) is 0.795. The number of ether oxygens (including phenoxy) is 1. The Labute approximate surface area is 126 Å². The largest absolute Gasteiger partial charge is 0.467 e.